The average molecular weight is 729 g/mol. The summed E-state index contributed by atoms with van der Waals surface area (Å²) in [6.07, 6.45) is 2.07. The fraction of sp³-hybridized carbons (Fsp3) is 0.244. The van der Waals surface area contributed by atoms with Crippen molar-refractivity contribution in [3.8, 4) is 0 Å². The van der Waals surface area contributed by atoms with E-state index < -0.39 is 23.7 Å². The minimum absolute atomic E-state index is 0.110. The summed E-state index contributed by atoms with van der Waals surface area (Å²) in [6, 6.07) is 30.2. The number of anilines is 2. The molecule has 0 spiro atoms. The van der Waals surface area contributed by atoms with E-state index >= 15 is 0 Å². The highest BCUT2D eigenvalue weighted by Crippen LogP contribution is 2.45. The third-order valence-electron chi connectivity index (χ3n) is 12.4. The van der Waals surface area contributed by atoms with E-state index in [1.807, 2.05) is 72.8 Å². The van der Waals surface area contributed by atoms with Gasteiger partial charge >= 0.3 is 0 Å². The van der Waals surface area contributed by atoms with Crippen LogP contribution in [0.25, 0.3) is 21.8 Å². The number of hydrogen-bond donors (Lipinski definition) is 0. The molecular weight excluding hydrogens is 693 g/mol. The first-order chi connectivity index (χ1) is 26.6. The first kappa shape index (κ1) is 33.2. The standard InChI is InChI=1S/C45H36N4O6/c1-24(50)46-38-9-5-3-7-30(38)32-20-34-36(22-40(32)46)44(54)48(42(34)52)28-15-11-26(12-16-28)19-27-13-17-29(18-14-27)49-43(53)35-21-33-31-8-4-6-10-39(31)47(25(2)51)41(33)23-37(35)45(49)55/h3-18,34-37H,19-23H2,1-2H3/t34-,35-,36+,37+/m0/s1. The molecular formula is C45H36N4O6. The van der Waals surface area contributed by atoms with Gasteiger partial charge in [0.05, 0.1) is 46.1 Å². The first-order valence-electron chi connectivity index (χ1n) is 18.8. The van der Waals surface area contributed by atoms with Gasteiger partial charge < -0.3 is 0 Å². The number of rotatable bonds is 4. The number of aromatic nitrogens is 2. The van der Waals surface area contributed by atoms with E-state index in [0.717, 1.165) is 55.4 Å². The molecule has 2 aromatic heterocycles. The summed E-state index contributed by atoms with van der Waals surface area (Å²) < 4.78 is 3.39. The number of carbonyl (C=O) groups is 6. The molecule has 4 amide bonds. The molecule has 0 bridgehead atoms. The van der Waals surface area contributed by atoms with Crippen LogP contribution >= 0.6 is 0 Å². The van der Waals surface area contributed by atoms with Gasteiger partial charge in [-0.05, 0) is 77.9 Å². The zero-order valence-corrected chi connectivity index (χ0v) is 30.3. The van der Waals surface area contributed by atoms with Gasteiger partial charge in [-0.2, -0.15) is 0 Å². The molecule has 10 heteroatoms. The third kappa shape index (κ3) is 4.79. The van der Waals surface area contributed by atoms with Crippen molar-refractivity contribution in [3.05, 3.63) is 131 Å². The maximum absolute atomic E-state index is 13.8. The fourth-order valence-corrected chi connectivity index (χ4v) is 9.94. The maximum atomic E-state index is 13.8. The Balaban J connectivity index is 0.842. The summed E-state index contributed by atoms with van der Waals surface area (Å²) in [6.45, 7) is 3.05. The van der Waals surface area contributed by atoms with Crippen molar-refractivity contribution in [1.82, 2.24) is 9.13 Å². The van der Waals surface area contributed by atoms with Crippen LogP contribution in [0.1, 0.15) is 57.1 Å². The number of nitrogens with zero attached hydrogens (tertiary/aromatic N) is 4. The minimum Gasteiger partial charge on any atom is -0.284 e. The van der Waals surface area contributed by atoms with E-state index in [1.165, 1.54) is 23.6 Å². The molecule has 55 heavy (non-hydrogen) atoms. The smallest absolute Gasteiger partial charge is 0.238 e. The van der Waals surface area contributed by atoms with Crippen LogP contribution in [0, 0.1) is 23.7 Å². The SMILES string of the molecule is CC(=O)n1c2c(c3ccccc31)C[C@@H]1C(=O)N(c3ccc(Cc4ccc(N5C(=O)[C@H]6Cc7c(n(C(C)=O)c8ccccc78)C[C@H]6C5=O)cc4)cc3)C(=O)[C@@H]1C2. The van der Waals surface area contributed by atoms with Crippen molar-refractivity contribution in [2.24, 2.45) is 23.7 Å². The number of para-hydroxylation sites is 2. The van der Waals surface area contributed by atoms with E-state index in [9.17, 15) is 28.8 Å². The molecule has 10 nitrogen and oxygen atoms in total. The lowest BCUT2D eigenvalue weighted by Crippen LogP contribution is -2.31. The van der Waals surface area contributed by atoms with Gasteiger partial charge in [0.2, 0.25) is 35.4 Å². The molecule has 0 N–H and O–H groups in total. The lowest BCUT2D eigenvalue weighted by molar-refractivity contribution is -0.124. The van der Waals surface area contributed by atoms with E-state index in [1.54, 1.807) is 33.4 Å². The van der Waals surface area contributed by atoms with Crippen LogP contribution in [0.3, 0.4) is 0 Å². The van der Waals surface area contributed by atoms with Crippen LogP contribution in [0.15, 0.2) is 97.1 Å². The van der Waals surface area contributed by atoms with Crippen molar-refractivity contribution < 1.29 is 28.8 Å². The average Bonchev–Trinajstić information content (AvgIpc) is 3.85. The highest BCUT2D eigenvalue weighted by Gasteiger charge is 2.52. The topological polar surface area (TPSA) is 119 Å². The van der Waals surface area contributed by atoms with E-state index in [0.29, 0.717) is 43.5 Å². The summed E-state index contributed by atoms with van der Waals surface area (Å²) >= 11 is 0. The molecule has 10 rings (SSSR count). The number of carbonyl (C=O) groups excluding carboxylic acids is 6. The second kappa shape index (κ2) is 12.0. The van der Waals surface area contributed by atoms with Crippen LogP contribution in [-0.4, -0.2) is 44.6 Å². The first-order valence-corrected chi connectivity index (χ1v) is 18.8. The van der Waals surface area contributed by atoms with Crippen LogP contribution in [0.2, 0.25) is 0 Å². The Morgan fingerprint density at radius 1 is 0.491 bits per heavy atom. The number of hydrogen-bond acceptors (Lipinski definition) is 6. The molecule has 4 aromatic carbocycles. The Labute approximate surface area is 315 Å². The Kier molecular flexibility index (Phi) is 7.26. The molecule has 6 aromatic rings. The summed E-state index contributed by atoms with van der Waals surface area (Å²) in [5.41, 5.74) is 8.20. The van der Waals surface area contributed by atoms with Gasteiger partial charge in [-0.1, -0.05) is 60.7 Å². The molecule has 2 aliphatic carbocycles. The lowest BCUT2D eigenvalue weighted by atomic mass is 9.79. The van der Waals surface area contributed by atoms with Gasteiger partial charge in [-0.25, -0.2) is 0 Å². The molecule has 0 unspecified atom stereocenters. The number of benzene rings is 4. The highest BCUT2D eigenvalue weighted by atomic mass is 16.2. The molecule has 272 valence electrons. The largest absolute Gasteiger partial charge is 0.284 e. The molecule has 0 radical (unpaired) electrons. The minimum atomic E-state index is -0.525. The van der Waals surface area contributed by atoms with Crippen LogP contribution in [0.5, 0.6) is 0 Å². The maximum Gasteiger partial charge on any atom is 0.238 e. The van der Waals surface area contributed by atoms with Crippen LogP contribution < -0.4 is 9.80 Å². The molecule has 2 aliphatic heterocycles. The molecule has 4 heterocycles. The van der Waals surface area contributed by atoms with Gasteiger partial charge in [-0.3, -0.25) is 47.7 Å². The van der Waals surface area contributed by atoms with Crippen molar-refractivity contribution in [1.29, 1.82) is 0 Å². The molecule has 0 saturated carbocycles. The Morgan fingerprint density at radius 2 is 0.836 bits per heavy atom. The summed E-state index contributed by atoms with van der Waals surface area (Å²) in [5.74, 6) is -3.13. The predicted molar refractivity (Wildman–Crippen MR) is 206 cm³/mol. The van der Waals surface area contributed by atoms with Crippen molar-refractivity contribution in [2.75, 3.05) is 9.80 Å². The van der Waals surface area contributed by atoms with Crippen molar-refractivity contribution in [3.63, 3.8) is 0 Å². The zero-order valence-electron chi connectivity index (χ0n) is 30.3. The van der Waals surface area contributed by atoms with Crippen molar-refractivity contribution in [2.45, 2.75) is 46.0 Å². The van der Waals surface area contributed by atoms with Gasteiger partial charge in [0.15, 0.2) is 0 Å². The van der Waals surface area contributed by atoms with Gasteiger partial charge in [0.1, 0.15) is 0 Å². The number of fused-ring (bicyclic) bond motifs is 8. The predicted octanol–water partition coefficient (Wildman–Crippen LogP) is 6.32. The molecule has 2 fully saturated rings. The molecule has 4 atom stereocenters. The Hall–Kier alpha value is -6.42. The van der Waals surface area contributed by atoms with Gasteiger partial charge in [-0.15, -0.1) is 0 Å². The van der Waals surface area contributed by atoms with E-state index in [4.69, 9.17) is 0 Å². The zero-order chi connectivity index (χ0) is 37.9. The van der Waals surface area contributed by atoms with Gasteiger partial charge in [0, 0.05) is 48.8 Å². The van der Waals surface area contributed by atoms with Crippen molar-refractivity contribution >= 4 is 68.6 Å². The Bertz CT molecular complexity index is 2520. The lowest BCUT2D eigenvalue weighted by Gasteiger charge is -2.23. The third-order valence-corrected chi connectivity index (χ3v) is 12.4. The monoisotopic (exact) mass is 728 g/mol. The molecule has 4 aliphatic rings. The molecule has 2 saturated heterocycles. The van der Waals surface area contributed by atoms with E-state index in [-0.39, 0.29) is 35.4 Å². The highest BCUT2D eigenvalue weighted by molar-refractivity contribution is 6.23. The fourth-order valence-electron chi connectivity index (χ4n) is 9.94. The second-order valence-corrected chi connectivity index (χ2v) is 15.4. The number of imide groups is 2. The normalized spacial score (nSPS) is 21.6. The quantitative estimate of drug-likeness (QED) is 0.196. The van der Waals surface area contributed by atoms with Crippen LogP contribution in [-0.2, 0) is 51.3 Å². The second-order valence-electron chi connectivity index (χ2n) is 15.4. The Morgan fingerprint density at radius 3 is 1.20 bits per heavy atom. The summed E-state index contributed by atoms with van der Waals surface area (Å²) in [4.78, 5) is 83.1. The summed E-state index contributed by atoms with van der Waals surface area (Å²) in [5, 5.41) is 1.90. The number of amides is 4. The van der Waals surface area contributed by atoms with Gasteiger partial charge in [0.25, 0.3) is 0 Å². The van der Waals surface area contributed by atoms with E-state index in [2.05, 4.69) is 0 Å². The summed E-state index contributed by atoms with van der Waals surface area (Å²) in [7, 11) is 0. The van der Waals surface area contributed by atoms with Crippen LogP contribution in [0.4, 0.5) is 11.4 Å².